The number of halogens is 2. The van der Waals surface area contributed by atoms with Crippen molar-refractivity contribution in [2.45, 2.75) is 12.5 Å². The van der Waals surface area contributed by atoms with Gasteiger partial charge in [-0.15, -0.1) is 0 Å². The van der Waals surface area contributed by atoms with Crippen LogP contribution in [0.25, 0.3) is 0 Å². The van der Waals surface area contributed by atoms with Crippen LogP contribution >= 0.6 is 15.9 Å². The molecular formula is C15H15BrFNO. The van der Waals surface area contributed by atoms with Gasteiger partial charge in [0.15, 0.2) is 0 Å². The highest BCUT2D eigenvalue weighted by molar-refractivity contribution is 9.10. The molecule has 0 aliphatic rings. The second kappa shape index (κ2) is 5.31. The maximum Gasteiger partial charge on any atom is 0.142 e. The Morgan fingerprint density at radius 3 is 2.42 bits per heavy atom. The summed E-state index contributed by atoms with van der Waals surface area (Å²) in [7, 11) is 1.58. The van der Waals surface area contributed by atoms with Gasteiger partial charge in [-0.05, 0) is 35.0 Å². The summed E-state index contributed by atoms with van der Waals surface area (Å²) in [5, 5.41) is 0. The van der Waals surface area contributed by atoms with Crippen LogP contribution in [0.2, 0.25) is 0 Å². The Bertz CT molecular complexity index is 598. The van der Waals surface area contributed by atoms with Crippen LogP contribution in [0.15, 0.2) is 46.9 Å². The van der Waals surface area contributed by atoms with E-state index in [4.69, 9.17) is 10.5 Å². The lowest BCUT2D eigenvalue weighted by molar-refractivity contribution is 0.396. The molecule has 0 bridgehead atoms. The summed E-state index contributed by atoms with van der Waals surface area (Å²) >= 11 is 3.18. The van der Waals surface area contributed by atoms with Crippen molar-refractivity contribution in [3.8, 4) is 5.75 Å². The third-order valence-electron chi connectivity index (χ3n) is 3.18. The van der Waals surface area contributed by atoms with Gasteiger partial charge >= 0.3 is 0 Å². The summed E-state index contributed by atoms with van der Waals surface area (Å²) in [5.41, 5.74) is 6.56. The van der Waals surface area contributed by atoms with Crippen molar-refractivity contribution in [3.63, 3.8) is 0 Å². The molecule has 0 aliphatic heterocycles. The zero-order chi connectivity index (χ0) is 14.0. The van der Waals surface area contributed by atoms with Crippen LogP contribution in [0.1, 0.15) is 18.1 Å². The van der Waals surface area contributed by atoms with Crippen molar-refractivity contribution in [3.05, 3.63) is 63.9 Å². The van der Waals surface area contributed by atoms with Crippen molar-refractivity contribution in [2.75, 3.05) is 7.11 Å². The van der Waals surface area contributed by atoms with Gasteiger partial charge in [0.1, 0.15) is 11.6 Å². The molecule has 0 heterocycles. The number of para-hydroxylation sites is 1. The van der Waals surface area contributed by atoms with Crippen molar-refractivity contribution in [1.82, 2.24) is 0 Å². The molecule has 0 saturated carbocycles. The molecule has 1 unspecified atom stereocenters. The number of hydrogen-bond acceptors (Lipinski definition) is 2. The highest BCUT2D eigenvalue weighted by Gasteiger charge is 2.30. The summed E-state index contributed by atoms with van der Waals surface area (Å²) in [6.07, 6.45) is 0. The fourth-order valence-electron chi connectivity index (χ4n) is 2.12. The Morgan fingerprint density at radius 2 is 1.74 bits per heavy atom. The molecule has 0 saturated heterocycles. The molecule has 0 radical (unpaired) electrons. The SMILES string of the molecule is COc1ccccc1C(C)(N)c1cccc(Br)c1F. The van der Waals surface area contributed by atoms with Crippen LogP contribution in [0.3, 0.4) is 0 Å². The number of nitrogens with two attached hydrogens (primary N) is 1. The largest absolute Gasteiger partial charge is 0.496 e. The van der Waals surface area contributed by atoms with Crippen LogP contribution in [-0.4, -0.2) is 7.11 Å². The molecule has 4 heteroatoms. The van der Waals surface area contributed by atoms with E-state index >= 15 is 0 Å². The van der Waals surface area contributed by atoms with Crippen molar-refractivity contribution >= 4 is 15.9 Å². The van der Waals surface area contributed by atoms with Crippen LogP contribution in [0.4, 0.5) is 4.39 Å². The minimum absolute atomic E-state index is 0.349. The number of rotatable bonds is 3. The van der Waals surface area contributed by atoms with Crippen LogP contribution in [0, 0.1) is 5.82 Å². The van der Waals surface area contributed by atoms with Gasteiger partial charge < -0.3 is 10.5 Å². The molecule has 0 fully saturated rings. The Morgan fingerprint density at radius 1 is 1.11 bits per heavy atom. The van der Waals surface area contributed by atoms with Gasteiger partial charge in [0, 0.05) is 11.1 Å². The fourth-order valence-corrected chi connectivity index (χ4v) is 2.49. The maximum absolute atomic E-state index is 14.3. The van der Waals surface area contributed by atoms with Crippen molar-refractivity contribution in [1.29, 1.82) is 0 Å². The quantitative estimate of drug-likeness (QED) is 0.931. The maximum atomic E-state index is 14.3. The highest BCUT2D eigenvalue weighted by atomic mass is 79.9. The molecule has 0 aromatic heterocycles. The first-order valence-corrected chi connectivity index (χ1v) is 6.64. The molecule has 0 spiro atoms. The minimum atomic E-state index is -0.972. The first kappa shape index (κ1) is 14.0. The van der Waals surface area contributed by atoms with Crippen LogP contribution in [-0.2, 0) is 5.54 Å². The summed E-state index contributed by atoms with van der Waals surface area (Å²) in [6.45, 7) is 1.77. The predicted octanol–water partition coefficient (Wildman–Crippen LogP) is 3.82. The van der Waals surface area contributed by atoms with Crippen LogP contribution < -0.4 is 10.5 Å². The number of methoxy groups -OCH3 is 1. The normalized spacial score (nSPS) is 13.9. The van der Waals surface area contributed by atoms with Gasteiger partial charge in [-0.1, -0.05) is 30.3 Å². The summed E-state index contributed by atoms with van der Waals surface area (Å²) in [4.78, 5) is 0. The lowest BCUT2D eigenvalue weighted by Gasteiger charge is -2.28. The first-order chi connectivity index (χ1) is 8.98. The molecule has 2 rings (SSSR count). The number of benzene rings is 2. The Hall–Kier alpha value is -1.39. The molecule has 0 amide bonds. The molecule has 19 heavy (non-hydrogen) atoms. The van der Waals surface area contributed by atoms with E-state index in [1.54, 1.807) is 32.2 Å². The highest BCUT2D eigenvalue weighted by Crippen LogP contribution is 2.35. The number of hydrogen-bond donors (Lipinski definition) is 1. The fraction of sp³-hybridized carbons (Fsp3) is 0.200. The Labute approximate surface area is 120 Å². The molecule has 100 valence electrons. The zero-order valence-electron chi connectivity index (χ0n) is 10.8. The van der Waals surface area contributed by atoms with Gasteiger partial charge in [0.05, 0.1) is 17.1 Å². The van der Waals surface area contributed by atoms with E-state index in [-0.39, 0.29) is 5.82 Å². The molecule has 2 N–H and O–H groups in total. The van der Waals surface area contributed by atoms with Crippen molar-refractivity contribution in [2.24, 2.45) is 5.73 Å². The lowest BCUT2D eigenvalue weighted by atomic mass is 9.85. The van der Waals surface area contributed by atoms with E-state index in [1.165, 1.54) is 0 Å². The van der Waals surface area contributed by atoms with Crippen LogP contribution in [0.5, 0.6) is 5.75 Å². The average Bonchev–Trinajstić information content (AvgIpc) is 2.41. The van der Waals surface area contributed by atoms with Gasteiger partial charge in [0.2, 0.25) is 0 Å². The topological polar surface area (TPSA) is 35.2 Å². The molecular weight excluding hydrogens is 309 g/mol. The average molecular weight is 324 g/mol. The van der Waals surface area contributed by atoms with Gasteiger partial charge in [0.25, 0.3) is 0 Å². The summed E-state index contributed by atoms with van der Waals surface area (Å²) < 4.78 is 20.0. The van der Waals surface area contributed by atoms with E-state index in [0.29, 0.717) is 15.8 Å². The van der Waals surface area contributed by atoms with E-state index in [9.17, 15) is 4.39 Å². The van der Waals surface area contributed by atoms with E-state index in [0.717, 1.165) is 5.56 Å². The molecule has 2 aromatic carbocycles. The smallest absolute Gasteiger partial charge is 0.142 e. The van der Waals surface area contributed by atoms with Gasteiger partial charge in [-0.3, -0.25) is 0 Å². The van der Waals surface area contributed by atoms with E-state index in [1.807, 2.05) is 24.3 Å². The molecule has 0 aliphatic carbocycles. The third kappa shape index (κ3) is 2.51. The second-order valence-corrected chi connectivity index (χ2v) is 5.36. The summed E-state index contributed by atoms with van der Waals surface area (Å²) in [6, 6.07) is 12.5. The minimum Gasteiger partial charge on any atom is -0.496 e. The predicted molar refractivity (Wildman–Crippen MR) is 77.7 cm³/mol. The number of ether oxygens (including phenoxy) is 1. The molecule has 2 nitrogen and oxygen atoms in total. The van der Waals surface area contributed by atoms with Crippen molar-refractivity contribution < 1.29 is 9.13 Å². The Balaban J connectivity index is 2.62. The third-order valence-corrected chi connectivity index (χ3v) is 3.79. The van der Waals surface area contributed by atoms with Gasteiger partial charge in [-0.25, -0.2) is 4.39 Å². The lowest BCUT2D eigenvalue weighted by Crippen LogP contribution is -2.35. The molecule has 1 atom stereocenters. The first-order valence-electron chi connectivity index (χ1n) is 5.85. The van der Waals surface area contributed by atoms with E-state index in [2.05, 4.69) is 15.9 Å². The van der Waals surface area contributed by atoms with Gasteiger partial charge in [-0.2, -0.15) is 0 Å². The zero-order valence-corrected chi connectivity index (χ0v) is 12.4. The second-order valence-electron chi connectivity index (χ2n) is 4.50. The summed E-state index contributed by atoms with van der Waals surface area (Å²) in [5.74, 6) is 0.297. The standard InChI is InChI=1S/C15H15BrFNO/c1-15(18,10-6-3-4-9-13(10)19-2)11-7-5-8-12(16)14(11)17/h3-9H,18H2,1-2H3. The Kier molecular flexibility index (Phi) is 3.92. The van der Waals surface area contributed by atoms with E-state index < -0.39 is 5.54 Å². The molecule has 2 aromatic rings. The monoisotopic (exact) mass is 323 g/mol.